The van der Waals surface area contributed by atoms with Gasteiger partial charge in [0.05, 0.1) is 11.1 Å². The van der Waals surface area contributed by atoms with Crippen molar-refractivity contribution in [2.24, 2.45) is 5.92 Å². The molecule has 1 aliphatic rings. The number of Topliss-reactive ketones (excluding diaryl/α,β-unsaturated/α-hetero) is 1. The van der Waals surface area contributed by atoms with Crippen molar-refractivity contribution in [3.05, 3.63) is 23.8 Å². The number of alkyl halides is 1. The first-order chi connectivity index (χ1) is 11.1. The molecule has 1 aromatic rings. The van der Waals surface area contributed by atoms with Gasteiger partial charge in [-0.25, -0.2) is 4.79 Å². The van der Waals surface area contributed by atoms with Gasteiger partial charge in [-0.15, -0.1) is 11.6 Å². The zero-order chi connectivity index (χ0) is 18.2. The van der Waals surface area contributed by atoms with Crippen molar-refractivity contribution in [2.45, 2.75) is 45.2 Å². The van der Waals surface area contributed by atoms with Crippen LogP contribution in [0.3, 0.4) is 0 Å². The van der Waals surface area contributed by atoms with E-state index in [1.807, 2.05) is 13.8 Å². The zero-order valence-corrected chi connectivity index (χ0v) is 14.7. The molecule has 0 aromatic heterocycles. The molecule has 0 radical (unpaired) electrons. The first-order valence-electron chi connectivity index (χ1n) is 7.70. The molecular weight excluding hydrogens is 334 g/mol. The Kier molecular flexibility index (Phi) is 5.18. The quantitative estimate of drug-likeness (QED) is 0.650. The number of amides is 1. The van der Waals surface area contributed by atoms with E-state index in [9.17, 15) is 19.5 Å². The summed E-state index contributed by atoms with van der Waals surface area (Å²) >= 11 is 5.83. The highest BCUT2D eigenvalue weighted by atomic mass is 35.5. The lowest BCUT2D eigenvalue weighted by molar-refractivity contribution is -0.141. The van der Waals surface area contributed by atoms with Gasteiger partial charge in [0.1, 0.15) is 11.8 Å². The van der Waals surface area contributed by atoms with Crippen molar-refractivity contribution in [3.63, 3.8) is 0 Å². The van der Waals surface area contributed by atoms with Crippen LogP contribution in [0.4, 0.5) is 5.69 Å². The van der Waals surface area contributed by atoms with Gasteiger partial charge in [-0.05, 0) is 38.0 Å². The van der Waals surface area contributed by atoms with Gasteiger partial charge in [0.25, 0.3) is 5.91 Å². The summed E-state index contributed by atoms with van der Waals surface area (Å²) in [5.74, 6) is -1.63. The second kappa shape index (κ2) is 6.81. The fourth-order valence-electron chi connectivity index (χ4n) is 2.56. The number of nitrogens with zero attached hydrogens (tertiary/aromatic N) is 1. The summed E-state index contributed by atoms with van der Waals surface area (Å²) in [6, 6.07) is 3.52. The molecule has 1 aromatic carbocycles. The lowest BCUT2D eigenvalue weighted by Gasteiger charge is -2.38. The smallest absolute Gasteiger partial charge is 0.326 e. The molecule has 0 fully saturated rings. The van der Waals surface area contributed by atoms with E-state index >= 15 is 0 Å². The number of halogens is 1. The minimum Gasteiger partial charge on any atom is -0.480 e. The Labute approximate surface area is 145 Å². The molecule has 1 heterocycles. The van der Waals surface area contributed by atoms with Crippen LogP contribution >= 0.6 is 11.6 Å². The summed E-state index contributed by atoms with van der Waals surface area (Å²) < 4.78 is 5.73. The largest absolute Gasteiger partial charge is 0.480 e. The third-order valence-electron chi connectivity index (χ3n) is 3.95. The SMILES string of the molecule is CC(Cl)C(=O)c1ccc2c(c1)N(C(C)C(=O)O)C(=O)C(C(C)C)O2. The van der Waals surface area contributed by atoms with E-state index in [1.54, 1.807) is 19.1 Å². The second-order valence-electron chi connectivity index (χ2n) is 6.17. The van der Waals surface area contributed by atoms with Gasteiger partial charge in [0.2, 0.25) is 0 Å². The van der Waals surface area contributed by atoms with Crippen molar-refractivity contribution >= 4 is 34.9 Å². The van der Waals surface area contributed by atoms with Gasteiger partial charge in [-0.3, -0.25) is 14.5 Å². The van der Waals surface area contributed by atoms with Gasteiger partial charge in [-0.2, -0.15) is 0 Å². The molecule has 0 spiro atoms. The molecule has 24 heavy (non-hydrogen) atoms. The molecule has 0 saturated heterocycles. The van der Waals surface area contributed by atoms with Crippen LogP contribution in [0, 0.1) is 5.92 Å². The molecule has 6 nitrogen and oxygen atoms in total. The molecule has 1 amide bonds. The van der Waals surface area contributed by atoms with Crippen LogP contribution in [0.15, 0.2) is 18.2 Å². The minimum absolute atomic E-state index is 0.127. The number of aliphatic carboxylic acids is 1. The van der Waals surface area contributed by atoms with Gasteiger partial charge >= 0.3 is 5.97 Å². The molecular formula is C17H20ClNO5. The maximum Gasteiger partial charge on any atom is 0.326 e. The number of ketones is 1. The molecule has 3 unspecified atom stereocenters. The van der Waals surface area contributed by atoms with Gasteiger partial charge in [0.15, 0.2) is 11.9 Å². The lowest BCUT2D eigenvalue weighted by atomic mass is 10.00. The summed E-state index contributed by atoms with van der Waals surface area (Å²) in [4.78, 5) is 37.4. The average Bonchev–Trinajstić information content (AvgIpc) is 2.51. The maximum atomic E-state index is 12.7. The van der Waals surface area contributed by atoms with Gasteiger partial charge in [-0.1, -0.05) is 13.8 Å². The van der Waals surface area contributed by atoms with Crippen LogP contribution in [0.2, 0.25) is 0 Å². The summed E-state index contributed by atoms with van der Waals surface area (Å²) in [6.45, 7) is 6.62. The number of carbonyl (C=O) groups is 3. The Balaban J connectivity index is 2.57. The Morgan fingerprint density at radius 3 is 2.38 bits per heavy atom. The predicted octanol–water partition coefficient (Wildman–Crippen LogP) is 2.72. The summed E-state index contributed by atoms with van der Waals surface area (Å²) in [5, 5.41) is 8.62. The van der Waals surface area contributed by atoms with E-state index in [0.717, 1.165) is 0 Å². The third-order valence-corrected chi connectivity index (χ3v) is 4.15. The first-order valence-corrected chi connectivity index (χ1v) is 8.13. The molecule has 1 aliphatic heterocycles. The molecule has 3 atom stereocenters. The van der Waals surface area contributed by atoms with Crippen LogP contribution in [-0.2, 0) is 9.59 Å². The van der Waals surface area contributed by atoms with Crippen molar-refractivity contribution in [1.29, 1.82) is 0 Å². The summed E-state index contributed by atoms with van der Waals surface area (Å²) in [7, 11) is 0. The molecule has 130 valence electrons. The first kappa shape index (κ1) is 18.3. The number of hydrogen-bond acceptors (Lipinski definition) is 4. The fourth-order valence-corrected chi connectivity index (χ4v) is 2.69. The zero-order valence-electron chi connectivity index (χ0n) is 13.9. The fraction of sp³-hybridized carbons (Fsp3) is 0.471. The Morgan fingerprint density at radius 1 is 1.25 bits per heavy atom. The highest BCUT2D eigenvalue weighted by Crippen LogP contribution is 2.38. The average molecular weight is 354 g/mol. The molecule has 7 heteroatoms. The number of ether oxygens (including phenoxy) is 1. The molecule has 0 saturated carbocycles. The van der Waals surface area contributed by atoms with E-state index in [0.29, 0.717) is 11.3 Å². The number of fused-ring (bicyclic) bond motifs is 1. The number of anilines is 1. The van der Waals surface area contributed by atoms with Crippen LogP contribution in [0.5, 0.6) is 5.75 Å². The highest BCUT2D eigenvalue weighted by molar-refractivity contribution is 6.33. The predicted molar refractivity (Wildman–Crippen MR) is 89.9 cm³/mol. The molecule has 0 aliphatic carbocycles. The molecule has 2 rings (SSSR count). The van der Waals surface area contributed by atoms with Gasteiger partial charge in [0, 0.05) is 5.56 Å². The number of carboxylic acid groups (broad SMARTS) is 1. The van der Waals surface area contributed by atoms with Crippen molar-refractivity contribution in [2.75, 3.05) is 4.90 Å². The Hall–Kier alpha value is -2.08. The number of carboxylic acids is 1. The van der Waals surface area contributed by atoms with E-state index in [2.05, 4.69) is 0 Å². The topological polar surface area (TPSA) is 83.9 Å². The van der Waals surface area contributed by atoms with Crippen LogP contribution in [-0.4, -0.2) is 40.3 Å². The van der Waals surface area contributed by atoms with Gasteiger partial charge < -0.3 is 9.84 Å². The van der Waals surface area contributed by atoms with Crippen molar-refractivity contribution in [3.8, 4) is 5.75 Å². The Bertz CT molecular complexity index is 686. The second-order valence-corrected chi connectivity index (χ2v) is 6.82. The monoisotopic (exact) mass is 353 g/mol. The number of hydrogen-bond donors (Lipinski definition) is 1. The lowest BCUT2D eigenvalue weighted by Crippen LogP contribution is -2.54. The van der Waals surface area contributed by atoms with E-state index in [1.165, 1.54) is 17.9 Å². The van der Waals surface area contributed by atoms with E-state index in [-0.39, 0.29) is 17.4 Å². The highest BCUT2D eigenvalue weighted by Gasteiger charge is 2.41. The normalized spacial score (nSPS) is 19.5. The molecule has 0 bridgehead atoms. The number of benzene rings is 1. The standard InChI is InChI=1S/C17H20ClNO5/c1-8(2)15-16(21)19(10(4)17(22)23)12-7-11(14(20)9(3)18)5-6-13(12)24-15/h5-10,15H,1-4H3,(H,22,23). The minimum atomic E-state index is -1.14. The summed E-state index contributed by atoms with van der Waals surface area (Å²) in [5.41, 5.74) is 0.577. The summed E-state index contributed by atoms with van der Waals surface area (Å²) in [6.07, 6.45) is -0.771. The number of carbonyl (C=O) groups excluding carboxylic acids is 2. The number of rotatable bonds is 5. The molecule has 1 N–H and O–H groups in total. The maximum absolute atomic E-state index is 12.7. The van der Waals surface area contributed by atoms with E-state index < -0.39 is 29.4 Å². The van der Waals surface area contributed by atoms with Crippen LogP contribution in [0.25, 0.3) is 0 Å². The van der Waals surface area contributed by atoms with Crippen molar-refractivity contribution in [1.82, 2.24) is 0 Å². The van der Waals surface area contributed by atoms with Crippen molar-refractivity contribution < 1.29 is 24.2 Å². The van der Waals surface area contributed by atoms with Crippen LogP contribution < -0.4 is 9.64 Å². The van der Waals surface area contributed by atoms with Crippen LogP contribution in [0.1, 0.15) is 38.1 Å². The Morgan fingerprint density at radius 2 is 1.88 bits per heavy atom. The third kappa shape index (κ3) is 3.24. The van der Waals surface area contributed by atoms with E-state index in [4.69, 9.17) is 16.3 Å².